The highest BCUT2D eigenvalue weighted by atomic mass is 16.4. The Morgan fingerprint density at radius 1 is 0.861 bits per heavy atom. The van der Waals surface area contributed by atoms with Crippen molar-refractivity contribution in [3.63, 3.8) is 0 Å². The predicted octanol–water partition coefficient (Wildman–Crippen LogP) is -1.53. The lowest BCUT2D eigenvalue weighted by atomic mass is 9.97. The first kappa shape index (κ1) is 32.6. The summed E-state index contributed by atoms with van der Waals surface area (Å²) >= 11 is 0. The van der Waals surface area contributed by atoms with Gasteiger partial charge in [-0.25, -0.2) is 4.79 Å². The molecule has 206 valence electrons. The maximum atomic E-state index is 13.0. The molecule has 0 aliphatic carbocycles. The van der Waals surface area contributed by atoms with Crippen molar-refractivity contribution in [3.8, 4) is 0 Å². The van der Waals surface area contributed by atoms with Crippen LogP contribution in [0.2, 0.25) is 0 Å². The number of aliphatic imine (C=N–C) groups is 1. The molecule has 0 aliphatic heterocycles. The number of rotatable bonds is 17. The van der Waals surface area contributed by atoms with Crippen molar-refractivity contribution in [2.45, 2.75) is 84.0 Å². The smallest absolute Gasteiger partial charge is 0.326 e. The number of hydrogen-bond donors (Lipinski definition) is 8. The zero-order valence-electron chi connectivity index (χ0n) is 21.3. The Balaban J connectivity index is 5.52. The van der Waals surface area contributed by atoms with Crippen molar-refractivity contribution in [3.05, 3.63) is 0 Å². The Morgan fingerprint density at radius 3 is 1.86 bits per heavy atom. The molecule has 14 nitrogen and oxygen atoms in total. The number of carboxylic acids is 2. The highest BCUT2D eigenvalue weighted by Gasteiger charge is 2.32. The topological polar surface area (TPSA) is 252 Å². The van der Waals surface area contributed by atoms with Crippen molar-refractivity contribution in [2.24, 2.45) is 34.0 Å². The van der Waals surface area contributed by atoms with E-state index in [4.69, 9.17) is 17.2 Å². The molecule has 3 amide bonds. The van der Waals surface area contributed by atoms with Gasteiger partial charge in [-0.1, -0.05) is 34.1 Å². The average Bonchev–Trinajstić information content (AvgIpc) is 2.77. The summed E-state index contributed by atoms with van der Waals surface area (Å²) in [5, 5.41) is 25.8. The summed E-state index contributed by atoms with van der Waals surface area (Å²) in [7, 11) is 0. The number of carbonyl (C=O) groups is 5. The molecular formula is C22H41N7O7. The van der Waals surface area contributed by atoms with Crippen LogP contribution in [-0.2, 0) is 24.0 Å². The standard InChI is InChI=1S/C22H41N7O7/c1-5-12(4)17(23)20(34)29-14(9-11(2)3)18(32)28-15(10-16(30)31)19(33)27-13(21(35)36)7-6-8-26-22(24)25/h11-15,17H,5-10,23H2,1-4H3,(H,27,33)(H,28,32)(H,29,34)(H,30,31)(H,35,36)(H4,24,25,26). The van der Waals surface area contributed by atoms with Gasteiger partial charge in [0.1, 0.15) is 18.1 Å². The number of aliphatic carboxylic acids is 2. The lowest BCUT2D eigenvalue weighted by molar-refractivity contribution is -0.143. The summed E-state index contributed by atoms with van der Waals surface area (Å²) < 4.78 is 0. The SMILES string of the molecule is CCC(C)C(N)C(=O)NC(CC(C)C)C(=O)NC(CC(=O)O)C(=O)NC(CCCN=C(N)N)C(=O)O. The number of nitrogens with two attached hydrogens (primary N) is 3. The maximum Gasteiger partial charge on any atom is 0.326 e. The zero-order chi connectivity index (χ0) is 28.0. The van der Waals surface area contributed by atoms with E-state index in [1.807, 2.05) is 20.8 Å². The monoisotopic (exact) mass is 515 g/mol. The molecule has 0 heterocycles. The van der Waals surface area contributed by atoms with E-state index in [0.29, 0.717) is 6.42 Å². The van der Waals surface area contributed by atoms with Gasteiger partial charge in [-0.05, 0) is 31.1 Å². The van der Waals surface area contributed by atoms with Crippen molar-refractivity contribution in [1.82, 2.24) is 16.0 Å². The molecule has 11 N–H and O–H groups in total. The van der Waals surface area contributed by atoms with Gasteiger partial charge in [0, 0.05) is 6.54 Å². The van der Waals surface area contributed by atoms with Crippen LogP contribution in [0.25, 0.3) is 0 Å². The molecule has 0 bridgehead atoms. The van der Waals surface area contributed by atoms with Gasteiger partial charge < -0.3 is 43.4 Å². The Hall–Kier alpha value is -3.42. The average molecular weight is 516 g/mol. The van der Waals surface area contributed by atoms with Gasteiger partial charge in [0.2, 0.25) is 17.7 Å². The molecule has 0 aromatic heterocycles. The van der Waals surface area contributed by atoms with Crippen LogP contribution in [-0.4, -0.2) is 76.5 Å². The van der Waals surface area contributed by atoms with E-state index in [-0.39, 0.29) is 43.6 Å². The molecular weight excluding hydrogens is 474 g/mol. The van der Waals surface area contributed by atoms with Crippen molar-refractivity contribution >= 4 is 35.6 Å². The third kappa shape index (κ3) is 12.9. The van der Waals surface area contributed by atoms with Crippen LogP contribution in [0.3, 0.4) is 0 Å². The van der Waals surface area contributed by atoms with Gasteiger partial charge in [-0.15, -0.1) is 0 Å². The minimum Gasteiger partial charge on any atom is -0.481 e. The fourth-order valence-corrected chi connectivity index (χ4v) is 3.17. The summed E-state index contributed by atoms with van der Waals surface area (Å²) in [6.07, 6.45) is 0.240. The lowest BCUT2D eigenvalue weighted by Crippen LogP contribution is -2.58. The number of nitrogens with one attached hydrogen (secondary N) is 3. The van der Waals surface area contributed by atoms with Gasteiger partial charge in [0.05, 0.1) is 12.5 Å². The highest BCUT2D eigenvalue weighted by molar-refractivity contribution is 5.95. The number of carboxylic acid groups (broad SMARTS) is 2. The van der Waals surface area contributed by atoms with Crippen molar-refractivity contribution in [2.75, 3.05) is 6.54 Å². The van der Waals surface area contributed by atoms with E-state index < -0.39 is 60.2 Å². The van der Waals surface area contributed by atoms with Crippen LogP contribution in [0.15, 0.2) is 4.99 Å². The largest absolute Gasteiger partial charge is 0.481 e. The molecule has 0 aliphatic rings. The lowest BCUT2D eigenvalue weighted by Gasteiger charge is -2.26. The Kier molecular flexibility index (Phi) is 14.7. The molecule has 36 heavy (non-hydrogen) atoms. The molecule has 14 heteroatoms. The second kappa shape index (κ2) is 16.3. The summed E-state index contributed by atoms with van der Waals surface area (Å²) in [4.78, 5) is 64.9. The second-order valence-electron chi connectivity index (χ2n) is 9.11. The zero-order valence-corrected chi connectivity index (χ0v) is 21.3. The van der Waals surface area contributed by atoms with Gasteiger partial charge >= 0.3 is 11.9 Å². The number of guanidine groups is 1. The Labute approximate surface area is 210 Å². The fourth-order valence-electron chi connectivity index (χ4n) is 3.17. The van der Waals surface area contributed by atoms with E-state index in [1.165, 1.54) is 0 Å². The third-order valence-electron chi connectivity index (χ3n) is 5.47. The van der Waals surface area contributed by atoms with Gasteiger partial charge in [-0.2, -0.15) is 0 Å². The Morgan fingerprint density at radius 2 is 1.39 bits per heavy atom. The van der Waals surface area contributed by atoms with Crippen LogP contribution < -0.4 is 33.2 Å². The second-order valence-corrected chi connectivity index (χ2v) is 9.11. The quantitative estimate of drug-likeness (QED) is 0.0630. The van der Waals surface area contributed by atoms with Gasteiger partial charge in [0.25, 0.3) is 0 Å². The molecule has 0 fully saturated rings. The van der Waals surface area contributed by atoms with E-state index in [1.54, 1.807) is 6.92 Å². The number of nitrogens with zero attached hydrogens (tertiary/aromatic N) is 1. The van der Waals surface area contributed by atoms with Gasteiger partial charge in [-0.3, -0.25) is 24.2 Å². The van der Waals surface area contributed by atoms with Crippen LogP contribution >= 0.6 is 0 Å². The molecule has 5 unspecified atom stereocenters. The molecule has 0 saturated heterocycles. The summed E-state index contributed by atoms with van der Waals surface area (Å²) in [6.45, 7) is 7.44. The Bertz CT molecular complexity index is 800. The third-order valence-corrected chi connectivity index (χ3v) is 5.47. The first-order chi connectivity index (χ1) is 16.7. The normalized spacial score (nSPS) is 15.1. The van der Waals surface area contributed by atoms with Crippen molar-refractivity contribution < 1.29 is 34.2 Å². The van der Waals surface area contributed by atoms with Gasteiger partial charge in [0.15, 0.2) is 5.96 Å². The molecule has 5 atom stereocenters. The summed E-state index contributed by atoms with van der Waals surface area (Å²) in [5.41, 5.74) is 16.4. The number of carbonyl (C=O) groups excluding carboxylic acids is 3. The predicted molar refractivity (Wildman–Crippen MR) is 132 cm³/mol. The molecule has 0 rings (SSSR count). The molecule has 0 radical (unpaired) electrons. The first-order valence-electron chi connectivity index (χ1n) is 11.9. The van der Waals surface area contributed by atoms with Crippen LogP contribution in [0.4, 0.5) is 0 Å². The van der Waals surface area contributed by atoms with Crippen LogP contribution in [0.1, 0.15) is 59.8 Å². The maximum absolute atomic E-state index is 13.0. The van der Waals surface area contributed by atoms with E-state index >= 15 is 0 Å². The first-order valence-corrected chi connectivity index (χ1v) is 11.9. The fraction of sp³-hybridized carbons (Fsp3) is 0.727. The molecule has 0 spiro atoms. The molecule has 0 aromatic carbocycles. The molecule has 0 saturated carbocycles. The number of amides is 3. The van der Waals surface area contributed by atoms with Crippen molar-refractivity contribution in [1.29, 1.82) is 0 Å². The van der Waals surface area contributed by atoms with Crippen LogP contribution in [0, 0.1) is 11.8 Å². The molecule has 0 aromatic rings. The van der Waals surface area contributed by atoms with E-state index in [0.717, 1.165) is 0 Å². The highest BCUT2D eigenvalue weighted by Crippen LogP contribution is 2.10. The number of hydrogen-bond acceptors (Lipinski definition) is 7. The van der Waals surface area contributed by atoms with E-state index in [2.05, 4.69) is 20.9 Å². The minimum absolute atomic E-state index is 0.0331. The minimum atomic E-state index is -1.58. The van der Waals surface area contributed by atoms with Crippen LogP contribution in [0.5, 0.6) is 0 Å². The van der Waals surface area contributed by atoms with E-state index in [9.17, 15) is 34.2 Å². The summed E-state index contributed by atoms with van der Waals surface area (Å²) in [6, 6.07) is -4.87. The summed E-state index contributed by atoms with van der Waals surface area (Å²) in [5.74, 6) is -5.40.